The largest absolute Gasteiger partial charge is 0.502 e. The number of phenols is 1. The number of nitrogens with zero attached hydrogens (tertiary/aromatic N) is 2. The number of nitro groups is 1. The zero-order valence-corrected chi connectivity index (χ0v) is 14.4. The van der Waals surface area contributed by atoms with Crippen LogP contribution in [0.4, 0.5) is 5.69 Å². The monoisotopic (exact) mass is 358 g/mol. The number of carbonyl (C=O) groups excluding carboxylic acids is 1. The molecule has 0 radical (unpaired) electrons. The summed E-state index contributed by atoms with van der Waals surface area (Å²) in [7, 11) is 3.12. The molecule has 0 aromatic heterocycles. The molecular formula is C18H18N2O6. The Labute approximate surface area is 149 Å². The van der Waals surface area contributed by atoms with Gasteiger partial charge in [0.25, 0.3) is 5.91 Å². The van der Waals surface area contributed by atoms with Gasteiger partial charge in [-0.1, -0.05) is 0 Å². The summed E-state index contributed by atoms with van der Waals surface area (Å²) in [6.45, 7) is 0.880. The average molecular weight is 358 g/mol. The predicted molar refractivity (Wildman–Crippen MR) is 92.8 cm³/mol. The molecule has 8 heteroatoms. The Kier molecular flexibility index (Phi) is 4.66. The van der Waals surface area contributed by atoms with Crippen LogP contribution in [0.5, 0.6) is 17.2 Å². The van der Waals surface area contributed by atoms with Crippen molar-refractivity contribution in [2.45, 2.75) is 13.0 Å². The van der Waals surface area contributed by atoms with Gasteiger partial charge in [-0.3, -0.25) is 14.9 Å². The van der Waals surface area contributed by atoms with E-state index in [-0.39, 0.29) is 11.5 Å². The number of hydrogen-bond donors (Lipinski definition) is 1. The van der Waals surface area contributed by atoms with Crippen LogP contribution in [0.25, 0.3) is 0 Å². The van der Waals surface area contributed by atoms with Crippen LogP contribution in [-0.2, 0) is 13.0 Å². The van der Waals surface area contributed by atoms with Crippen molar-refractivity contribution in [3.8, 4) is 17.2 Å². The van der Waals surface area contributed by atoms with E-state index >= 15 is 0 Å². The number of carbonyl (C=O) groups is 1. The minimum absolute atomic E-state index is 0.206. The van der Waals surface area contributed by atoms with Gasteiger partial charge in [0.05, 0.1) is 19.1 Å². The number of methoxy groups -OCH3 is 2. The van der Waals surface area contributed by atoms with Crippen LogP contribution in [0.15, 0.2) is 30.3 Å². The molecule has 0 saturated carbocycles. The van der Waals surface area contributed by atoms with Crippen LogP contribution in [0.3, 0.4) is 0 Å². The fourth-order valence-corrected chi connectivity index (χ4v) is 3.05. The summed E-state index contributed by atoms with van der Waals surface area (Å²) in [6.07, 6.45) is 0.653. The normalized spacial score (nSPS) is 13.1. The Hall–Kier alpha value is -3.29. The van der Waals surface area contributed by atoms with Crippen molar-refractivity contribution in [2.24, 2.45) is 0 Å². The third-order valence-corrected chi connectivity index (χ3v) is 4.42. The Bertz CT molecular complexity index is 880. The highest BCUT2D eigenvalue weighted by Crippen LogP contribution is 2.34. The molecule has 1 aliphatic heterocycles. The van der Waals surface area contributed by atoms with Gasteiger partial charge in [-0.25, -0.2) is 0 Å². The highest BCUT2D eigenvalue weighted by Gasteiger charge is 2.25. The van der Waals surface area contributed by atoms with E-state index in [1.165, 1.54) is 6.07 Å². The molecule has 8 nitrogen and oxygen atoms in total. The molecular weight excluding hydrogens is 340 g/mol. The van der Waals surface area contributed by atoms with Gasteiger partial charge in [-0.2, -0.15) is 0 Å². The van der Waals surface area contributed by atoms with Gasteiger partial charge in [0.2, 0.25) is 0 Å². The van der Waals surface area contributed by atoms with Crippen molar-refractivity contribution >= 4 is 11.6 Å². The van der Waals surface area contributed by atoms with Crippen LogP contribution in [0.2, 0.25) is 0 Å². The van der Waals surface area contributed by atoms with Crippen molar-refractivity contribution in [1.29, 1.82) is 0 Å². The lowest BCUT2D eigenvalue weighted by atomic mass is 9.98. The van der Waals surface area contributed by atoms with Gasteiger partial charge in [0, 0.05) is 24.7 Å². The van der Waals surface area contributed by atoms with Crippen molar-refractivity contribution in [2.75, 3.05) is 20.8 Å². The van der Waals surface area contributed by atoms with E-state index in [4.69, 9.17) is 9.47 Å². The second kappa shape index (κ2) is 6.91. The molecule has 2 aromatic carbocycles. The first kappa shape index (κ1) is 17.5. The molecule has 0 spiro atoms. The zero-order chi connectivity index (χ0) is 18.8. The van der Waals surface area contributed by atoms with Gasteiger partial charge in [0.15, 0.2) is 17.2 Å². The van der Waals surface area contributed by atoms with Gasteiger partial charge in [-0.05, 0) is 41.8 Å². The Morgan fingerprint density at radius 1 is 1.15 bits per heavy atom. The molecule has 0 bridgehead atoms. The second-order valence-corrected chi connectivity index (χ2v) is 5.91. The topological polar surface area (TPSA) is 102 Å². The molecule has 1 heterocycles. The Morgan fingerprint density at radius 3 is 2.38 bits per heavy atom. The zero-order valence-electron chi connectivity index (χ0n) is 14.4. The average Bonchev–Trinajstić information content (AvgIpc) is 2.65. The summed E-state index contributed by atoms with van der Waals surface area (Å²) in [5.41, 5.74) is 1.81. The second-order valence-electron chi connectivity index (χ2n) is 5.91. The summed E-state index contributed by atoms with van der Waals surface area (Å²) in [5, 5.41) is 20.5. The summed E-state index contributed by atoms with van der Waals surface area (Å²) in [5.74, 6) is 0.417. The van der Waals surface area contributed by atoms with Crippen LogP contribution in [0.1, 0.15) is 21.5 Å². The fourth-order valence-electron chi connectivity index (χ4n) is 3.05. The number of hydrogen-bond acceptors (Lipinski definition) is 6. The summed E-state index contributed by atoms with van der Waals surface area (Å²) in [6, 6.07) is 7.37. The van der Waals surface area contributed by atoms with Crippen molar-refractivity contribution in [3.63, 3.8) is 0 Å². The number of ether oxygens (including phenoxy) is 2. The molecule has 26 heavy (non-hydrogen) atoms. The van der Waals surface area contributed by atoms with Crippen LogP contribution in [-0.4, -0.2) is 41.6 Å². The maximum Gasteiger partial charge on any atom is 0.310 e. The van der Waals surface area contributed by atoms with E-state index in [9.17, 15) is 20.0 Å². The van der Waals surface area contributed by atoms with E-state index in [0.717, 1.165) is 23.3 Å². The number of fused-ring (bicyclic) bond motifs is 1. The lowest BCUT2D eigenvalue weighted by Gasteiger charge is -2.29. The van der Waals surface area contributed by atoms with E-state index in [0.29, 0.717) is 31.0 Å². The molecule has 1 N–H and O–H groups in total. The number of nitro benzene ring substituents is 1. The number of amides is 1. The minimum Gasteiger partial charge on any atom is -0.502 e. The van der Waals surface area contributed by atoms with Gasteiger partial charge < -0.3 is 19.5 Å². The predicted octanol–water partition coefficient (Wildman–Crippen LogP) is 2.52. The molecule has 0 saturated heterocycles. The summed E-state index contributed by atoms with van der Waals surface area (Å²) in [4.78, 5) is 24.4. The first-order valence-electron chi connectivity index (χ1n) is 7.95. The maximum absolute atomic E-state index is 12.7. The number of phenolic OH excluding ortho intramolecular Hbond substituents is 1. The van der Waals surface area contributed by atoms with Crippen LogP contribution in [0, 0.1) is 10.1 Å². The highest BCUT2D eigenvalue weighted by atomic mass is 16.6. The van der Waals surface area contributed by atoms with Crippen LogP contribution < -0.4 is 9.47 Å². The molecule has 0 unspecified atom stereocenters. The first-order chi connectivity index (χ1) is 12.4. The van der Waals surface area contributed by atoms with E-state index in [2.05, 4.69) is 0 Å². The lowest BCUT2D eigenvalue weighted by molar-refractivity contribution is -0.385. The van der Waals surface area contributed by atoms with Crippen molar-refractivity contribution in [1.82, 2.24) is 4.90 Å². The quantitative estimate of drug-likeness (QED) is 0.665. The number of aromatic hydroxyl groups is 1. The molecule has 3 rings (SSSR count). The van der Waals surface area contributed by atoms with Crippen molar-refractivity contribution < 1.29 is 24.3 Å². The molecule has 136 valence electrons. The van der Waals surface area contributed by atoms with E-state index in [1.807, 2.05) is 12.1 Å². The third kappa shape index (κ3) is 3.13. The standard InChI is InChI=1S/C18H18N2O6/c1-25-16-8-11-5-6-19(10-13(11)9-17(16)26-2)18(22)12-3-4-14(20(23)24)15(21)7-12/h3-4,7-9,21H,5-6,10H2,1-2H3. The van der Waals surface area contributed by atoms with Gasteiger partial charge >= 0.3 is 5.69 Å². The highest BCUT2D eigenvalue weighted by molar-refractivity contribution is 5.95. The van der Waals surface area contributed by atoms with Crippen molar-refractivity contribution in [3.05, 3.63) is 57.1 Å². The summed E-state index contributed by atoms with van der Waals surface area (Å²) >= 11 is 0. The molecule has 1 amide bonds. The third-order valence-electron chi connectivity index (χ3n) is 4.42. The van der Waals surface area contributed by atoms with Gasteiger partial charge in [0.1, 0.15) is 0 Å². The first-order valence-corrected chi connectivity index (χ1v) is 7.95. The lowest BCUT2D eigenvalue weighted by Crippen LogP contribution is -2.36. The Morgan fingerprint density at radius 2 is 1.81 bits per heavy atom. The van der Waals surface area contributed by atoms with Gasteiger partial charge in [-0.15, -0.1) is 0 Å². The molecule has 0 atom stereocenters. The molecule has 0 fully saturated rings. The summed E-state index contributed by atoms with van der Waals surface area (Å²) < 4.78 is 10.6. The molecule has 1 aliphatic rings. The van der Waals surface area contributed by atoms with Crippen LogP contribution >= 0.6 is 0 Å². The van der Waals surface area contributed by atoms with E-state index < -0.39 is 16.4 Å². The Balaban J connectivity index is 1.85. The maximum atomic E-state index is 12.7. The molecule has 2 aromatic rings. The smallest absolute Gasteiger partial charge is 0.310 e. The molecule has 0 aliphatic carbocycles. The fraction of sp³-hybridized carbons (Fsp3) is 0.278. The number of benzene rings is 2. The van der Waals surface area contributed by atoms with E-state index in [1.54, 1.807) is 19.1 Å². The number of rotatable bonds is 4. The SMILES string of the molecule is COc1cc2c(cc1OC)CN(C(=O)c1ccc([N+](=O)[O-])c(O)c1)CC2. The minimum atomic E-state index is -0.694.